The second-order valence-corrected chi connectivity index (χ2v) is 8.99. The van der Waals surface area contributed by atoms with Crippen molar-refractivity contribution >= 4 is 11.6 Å². The zero-order valence-corrected chi connectivity index (χ0v) is 13.5. The molecule has 4 aliphatic carbocycles. The Kier molecular flexibility index (Phi) is 2.94. The van der Waals surface area contributed by atoms with Gasteiger partial charge in [0.25, 0.3) is 0 Å². The highest BCUT2D eigenvalue weighted by Crippen LogP contribution is 2.64. The molecule has 0 aliphatic heterocycles. The fourth-order valence-corrected chi connectivity index (χ4v) is 6.92. The van der Waals surface area contributed by atoms with Gasteiger partial charge in [0.05, 0.1) is 0 Å². The summed E-state index contributed by atoms with van der Waals surface area (Å²) in [6.07, 6.45) is 9.80. The average molecular weight is 288 g/mol. The summed E-state index contributed by atoms with van der Waals surface area (Å²) in [7, 11) is 0. The summed E-state index contributed by atoms with van der Waals surface area (Å²) in [5.41, 5.74) is 0.235. The summed E-state index contributed by atoms with van der Waals surface area (Å²) >= 11 is 0. The molecule has 0 radical (unpaired) electrons. The Balaban J connectivity index is 1.72. The molecule has 4 aliphatic rings. The third kappa shape index (κ3) is 1.83. The molecule has 0 bridgehead atoms. The van der Waals surface area contributed by atoms with Gasteiger partial charge in [-0.1, -0.05) is 26.7 Å². The van der Waals surface area contributed by atoms with Crippen LogP contribution in [0.15, 0.2) is 0 Å². The first-order valence-electron chi connectivity index (χ1n) is 8.98. The molecule has 116 valence electrons. The monoisotopic (exact) mass is 288 g/mol. The molecule has 4 rings (SSSR count). The largest absolute Gasteiger partial charge is 0.300 e. The minimum absolute atomic E-state index is 0.00675. The zero-order chi connectivity index (χ0) is 14.8. The van der Waals surface area contributed by atoms with Crippen molar-refractivity contribution in [2.75, 3.05) is 0 Å². The van der Waals surface area contributed by atoms with E-state index in [4.69, 9.17) is 0 Å². The fraction of sp³-hybridized carbons (Fsp3) is 0.895. The van der Waals surface area contributed by atoms with E-state index in [0.29, 0.717) is 36.2 Å². The van der Waals surface area contributed by atoms with E-state index in [2.05, 4.69) is 13.8 Å². The molecule has 0 aromatic rings. The smallest absolute Gasteiger partial charge is 0.137 e. The van der Waals surface area contributed by atoms with Gasteiger partial charge in [0.15, 0.2) is 0 Å². The van der Waals surface area contributed by atoms with Crippen molar-refractivity contribution in [3.63, 3.8) is 0 Å². The number of hydrogen-bond donors (Lipinski definition) is 0. The average Bonchev–Trinajstić information content (AvgIpc) is 2.71. The summed E-state index contributed by atoms with van der Waals surface area (Å²) in [6.45, 7) is 4.62. The Morgan fingerprint density at radius 2 is 1.81 bits per heavy atom. The van der Waals surface area contributed by atoms with Gasteiger partial charge in [-0.15, -0.1) is 0 Å². The van der Waals surface area contributed by atoms with E-state index in [-0.39, 0.29) is 16.7 Å². The molecule has 4 fully saturated rings. The van der Waals surface area contributed by atoms with Gasteiger partial charge in [-0.3, -0.25) is 9.59 Å². The molecule has 0 saturated heterocycles. The Morgan fingerprint density at radius 1 is 1.00 bits per heavy atom. The van der Waals surface area contributed by atoms with Crippen LogP contribution in [0.1, 0.15) is 71.6 Å². The maximum atomic E-state index is 13.0. The molecule has 0 spiro atoms. The summed E-state index contributed by atoms with van der Waals surface area (Å²) in [4.78, 5) is 25.1. The second kappa shape index (κ2) is 4.43. The van der Waals surface area contributed by atoms with Crippen LogP contribution in [0, 0.1) is 34.5 Å². The van der Waals surface area contributed by atoms with E-state index < -0.39 is 0 Å². The molecule has 6 atom stereocenters. The van der Waals surface area contributed by atoms with Crippen molar-refractivity contribution < 1.29 is 9.59 Å². The van der Waals surface area contributed by atoms with E-state index in [0.717, 1.165) is 12.3 Å². The molecule has 4 saturated carbocycles. The highest BCUT2D eigenvalue weighted by molar-refractivity contribution is 5.89. The van der Waals surface area contributed by atoms with Crippen LogP contribution in [0.4, 0.5) is 0 Å². The van der Waals surface area contributed by atoms with Gasteiger partial charge in [0.2, 0.25) is 0 Å². The van der Waals surface area contributed by atoms with Crippen molar-refractivity contribution in [1.29, 1.82) is 0 Å². The summed E-state index contributed by atoms with van der Waals surface area (Å²) in [5.74, 6) is 2.93. The molecule has 5 unspecified atom stereocenters. The molecule has 0 N–H and O–H groups in total. The van der Waals surface area contributed by atoms with Crippen LogP contribution in [0.5, 0.6) is 0 Å². The van der Waals surface area contributed by atoms with E-state index in [1.54, 1.807) is 0 Å². The predicted octanol–water partition coefficient (Wildman–Crippen LogP) is 4.17. The number of rotatable bonds is 0. The van der Waals surface area contributed by atoms with E-state index in [9.17, 15) is 9.59 Å². The van der Waals surface area contributed by atoms with Crippen LogP contribution < -0.4 is 0 Å². The van der Waals surface area contributed by atoms with Crippen molar-refractivity contribution in [2.45, 2.75) is 71.6 Å². The number of fused-ring (bicyclic) bond motifs is 5. The lowest BCUT2D eigenvalue weighted by molar-refractivity contribution is -0.155. The number of carbonyl (C=O) groups excluding carboxylic acids is 2. The highest BCUT2D eigenvalue weighted by Gasteiger charge is 2.61. The second-order valence-electron chi connectivity index (χ2n) is 8.99. The molecular formula is C19H28O2. The normalized spacial score (nSPS) is 53.0. The Morgan fingerprint density at radius 3 is 2.62 bits per heavy atom. The van der Waals surface area contributed by atoms with Crippen LogP contribution in [-0.4, -0.2) is 11.6 Å². The van der Waals surface area contributed by atoms with Crippen molar-refractivity contribution in [3.8, 4) is 0 Å². The lowest BCUT2D eigenvalue weighted by atomic mass is 9.45. The third-order valence-corrected chi connectivity index (χ3v) is 7.82. The molecule has 0 aromatic heterocycles. The molecule has 2 nitrogen and oxygen atoms in total. The molecule has 0 aromatic carbocycles. The van der Waals surface area contributed by atoms with Gasteiger partial charge >= 0.3 is 0 Å². The lowest BCUT2D eigenvalue weighted by Crippen LogP contribution is -2.55. The first-order valence-corrected chi connectivity index (χ1v) is 8.98. The lowest BCUT2D eigenvalue weighted by Gasteiger charge is -2.58. The van der Waals surface area contributed by atoms with E-state index >= 15 is 0 Å². The first-order chi connectivity index (χ1) is 9.94. The third-order valence-electron chi connectivity index (χ3n) is 7.82. The van der Waals surface area contributed by atoms with Gasteiger partial charge in [0.1, 0.15) is 11.6 Å². The molecule has 21 heavy (non-hydrogen) atoms. The number of ketones is 2. The Labute approximate surface area is 128 Å². The van der Waals surface area contributed by atoms with Crippen molar-refractivity contribution in [3.05, 3.63) is 0 Å². The minimum Gasteiger partial charge on any atom is -0.300 e. The minimum atomic E-state index is -0.00675. The quantitative estimate of drug-likeness (QED) is 0.670. The zero-order valence-electron chi connectivity index (χ0n) is 13.5. The van der Waals surface area contributed by atoms with Gasteiger partial charge in [-0.25, -0.2) is 0 Å². The highest BCUT2D eigenvalue weighted by atomic mass is 16.1. The standard InChI is InChI=1S/C19H28O2/c1-18-10-13(20)9-15(18)14-7-6-12-5-3-4-8-19(12,2)17(14)16(21)11-18/h12,14-15,17H,3-11H2,1-2H3/t12-,14?,15?,17?,18?,19?/m1/s1. The molecule has 0 heterocycles. The number of hydrogen-bond acceptors (Lipinski definition) is 2. The Bertz CT molecular complexity index is 496. The topological polar surface area (TPSA) is 34.1 Å². The first kappa shape index (κ1) is 14.0. The SMILES string of the molecule is CC12CC(=O)CC1C1CC[C@H]3CCCCC3(C)C1C(=O)C2. The predicted molar refractivity (Wildman–Crippen MR) is 81.7 cm³/mol. The fourth-order valence-electron chi connectivity index (χ4n) is 6.92. The van der Waals surface area contributed by atoms with Crippen LogP contribution in [0.25, 0.3) is 0 Å². The maximum Gasteiger partial charge on any atom is 0.137 e. The number of Topliss-reactive ketones (excluding diaryl/α,β-unsaturated/α-hetero) is 2. The number of carbonyl (C=O) groups is 2. The molecule has 2 heteroatoms. The van der Waals surface area contributed by atoms with Gasteiger partial charge in [0, 0.05) is 25.2 Å². The molecular weight excluding hydrogens is 260 g/mol. The Hall–Kier alpha value is -0.660. The van der Waals surface area contributed by atoms with Gasteiger partial charge in [-0.05, 0) is 54.3 Å². The van der Waals surface area contributed by atoms with Crippen LogP contribution in [0.3, 0.4) is 0 Å². The van der Waals surface area contributed by atoms with Crippen LogP contribution in [0.2, 0.25) is 0 Å². The van der Waals surface area contributed by atoms with Crippen molar-refractivity contribution in [2.24, 2.45) is 34.5 Å². The summed E-state index contributed by atoms with van der Waals surface area (Å²) in [6, 6.07) is 0. The van der Waals surface area contributed by atoms with Crippen LogP contribution in [-0.2, 0) is 9.59 Å². The van der Waals surface area contributed by atoms with E-state index in [1.165, 1.54) is 38.5 Å². The molecule has 0 amide bonds. The van der Waals surface area contributed by atoms with Gasteiger partial charge < -0.3 is 0 Å². The van der Waals surface area contributed by atoms with Crippen molar-refractivity contribution in [1.82, 2.24) is 0 Å². The van der Waals surface area contributed by atoms with Gasteiger partial charge in [-0.2, -0.15) is 0 Å². The summed E-state index contributed by atoms with van der Waals surface area (Å²) in [5, 5.41) is 0. The van der Waals surface area contributed by atoms with E-state index in [1.807, 2.05) is 0 Å². The summed E-state index contributed by atoms with van der Waals surface area (Å²) < 4.78 is 0. The maximum absolute atomic E-state index is 13.0. The van der Waals surface area contributed by atoms with Crippen LogP contribution >= 0.6 is 0 Å².